The quantitative estimate of drug-likeness (QED) is 0.575. The third-order valence-electron chi connectivity index (χ3n) is 2.07. The van der Waals surface area contributed by atoms with Crippen LogP contribution in [0.3, 0.4) is 0 Å². The lowest BCUT2D eigenvalue weighted by Gasteiger charge is -2.20. The van der Waals surface area contributed by atoms with Gasteiger partial charge in [0.1, 0.15) is 0 Å². The van der Waals surface area contributed by atoms with Crippen molar-refractivity contribution in [3.8, 4) is 0 Å². The summed E-state index contributed by atoms with van der Waals surface area (Å²) in [7, 11) is 0. The van der Waals surface area contributed by atoms with Gasteiger partial charge in [-0.05, 0) is 25.9 Å². The Hall–Kier alpha value is 0.310. The monoisotopic (exact) mass is 189 g/mol. The second-order valence-electron chi connectivity index (χ2n) is 3.27. The van der Waals surface area contributed by atoms with Crippen LogP contribution in [0.15, 0.2) is 0 Å². The molecule has 2 heteroatoms. The Morgan fingerprint density at radius 2 is 1.42 bits per heavy atom. The van der Waals surface area contributed by atoms with E-state index in [0.29, 0.717) is 0 Å². The van der Waals surface area contributed by atoms with Crippen molar-refractivity contribution < 1.29 is 0 Å². The van der Waals surface area contributed by atoms with Gasteiger partial charge in [0.2, 0.25) is 0 Å². The summed E-state index contributed by atoms with van der Waals surface area (Å²) in [6.07, 6.45) is 5.26. The van der Waals surface area contributed by atoms with Crippen LogP contribution in [0.2, 0.25) is 0 Å². The average Bonchev–Trinajstić information content (AvgIpc) is 2.10. The summed E-state index contributed by atoms with van der Waals surface area (Å²) in [6, 6.07) is 0. The van der Waals surface area contributed by atoms with Crippen molar-refractivity contribution >= 4 is 12.6 Å². The SMILES string of the molecule is CCCCN(CCS)CCCC. The summed E-state index contributed by atoms with van der Waals surface area (Å²) in [4.78, 5) is 2.53. The molecule has 0 bridgehead atoms. The molecule has 0 fully saturated rings. The number of hydrogen-bond donors (Lipinski definition) is 1. The number of hydrogen-bond acceptors (Lipinski definition) is 2. The van der Waals surface area contributed by atoms with Crippen molar-refractivity contribution in [2.75, 3.05) is 25.4 Å². The van der Waals surface area contributed by atoms with Gasteiger partial charge >= 0.3 is 0 Å². The molecule has 0 rings (SSSR count). The molecule has 1 nitrogen and oxygen atoms in total. The lowest BCUT2D eigenvalue weighted by atomic mass is 10.2. The molecule has 0 radical (unpaired) electrons. The number of nitrogens with zero attached hydrogens (tertiary/aromatic N) is 1. The van der Waals surface area contributed by atoms with Gasteiger partial charge in [-0.2, -0.15) is 12.6 Å². The topological polar surface area (TPSA) is 3.24 Å². The smallest absolute Gasteiger partial charge is 0.00698 e. The first-order chi connectivity index (χ1) is 5.85. The zero-order chi connectivity index (χ0) is 9.23. The molecule has 0 heterocycles. The van der Waals surface area contributed by atoms with Gasteiger partial charge in [-0.15, -0.1) is 0 Å². The summed E-state index contributed by atoms with van der Waals surface area (Å²) >= 11 is 4.26. The van der Waals surface area contributed by atoms with Crippen LogP contribution in [0.5, 0.6) is 0 Å². The van der Waals surface area contributed by atoms with Crippen LogP contribution in [-0.2, 0) is 0 Å². The largest absolute Gasteiger partial charge is 0.303 e. The molecule has 0 aliphatic carbocycles. The van der Waals surface area contributed by atoms with Crippen LogP contribution >= 0.6 is 12.6 Å². The predicted molar refractivity (Wildman–Crippen MR) is 60.1 cm³/mol. The summed E-state index contributed by atoms with van der Waals surface area (Å²) < 4.78 is 0. The normalized spacial score (nSPS) is 11.0. The van der Waals surface area contributed by atoms with E-state index in [1.807, 2.05) is 0 Å². The molecule has 0 N–H and O–H groups in total. The molecule has 0 aromatic heterocycles. The Balaban J connectivity index is 3.40. The predicted octanol–water partition coefficient (Wildman–Crippen LogP) is 2.82. The molecule has 0 aromatic carbocycles. The highest BCUT2D eigenvalue weighted by atomic mass is 32.1. The van der Waals surface area contributed by atoms with Gasteiger partial charge in [0.15, 0.2) is 0 Å². The Morgan fingerprint density at radius 1 is 0.917 bits per heavy atom. The highest BCUT2D eigenvalue weighted by Gasteiger charge is 2.00. The Labute approximate surface area is 82.9 Å². The second kappa shape index (κ2) is 9.40. The highest BCUT2D eigenvalue weighted by Crippen LogP contribution is 1.98. The van der Waals surface area contributed by atoms with Crippen molar-refractivity contribution in [3.63, 3.8) is 0 Å². The van der Waals surface area contributed by atoms with E-state index >= 15 is 0 Å². The van der Waals surface area contributed by atoms with E-state index in [2.05, 4.69) is 31.4 Å². The van der Waals surface area contributed by atoms with E-state index in [1.165, 1.54) is 38.8 Å². The third kappa shape index (κ3) is 6.99. The molecule has 0 unspecified atom stereocenters. The molecule has 74 valence electrons. The molecule has 0 aliphatic heterocycles. The minimum Gasteiger partial charge on any atom is -0.303 e. The molecule has 0 spiro atoms. The lowest BCUT2D eigenvalue weighted by Crippen LogP contribution is -2.28. The van der Waals surface area contributed by atoms with E-state index in [4.69, 9.17) is 0 Å². The number of rotatable bonds is 8. The zero-order valence-corrected chi connectivity index (χ0v) is 9.45. The van der Waals surface area contributed by atoms with Crippen LogP contribution in [0, 0.1) is 0 Å². The van der Waals surface area contributed by atoms with Gasteiger partial charge in [0, 0.05) is 12.3 Å². The van der Waals surface area contributed by atoms with Crippen LogP contribution in [0.1, 0.15) is 39.5 Å². The molecule has 0 aliphatic rings. The minimum atomic E-state index is 0.993. The molecule has 0 aromatic rings. The molecule has 0 saturated heterocycles. The first-order valence-electron chi connectivity index (χ1n) is 5.18. The molecule has 12 heavy (non-hydrogen) atoms. The van der Waals surface area contributed by atoms with Gasteiger partial charge < -0.3 is 4.90 Å². The van der Waals surface area contributed by atoms with Crippen molar-refractivity contribution in [3.05, 3.63) is 0 Å². The van der Waals surface area contributed by atoms with E-state index in [9.17, 15) is 0 Å². The van der Waals surface area contributed by atoms with Gasteiger partial charge in [-0.25, -0.2) is 0 Å². The summed E-state index contributed by atoms with van der Waals surface area (Å²) in [5, 5.41) is 0. The Bertz CT molecular complexity index is 77.9. The molecular weight excluding hydrogens is 166 g/mol. The summed E-state index contributed by atoms with van der Waals surface area (Å²) in [5.41, 5.74) is 0. The van der Waals surface area contributed by atoms with E-state index in [0.717, 1.165) is 12.3 Å². The standard InChI is InChI=1S/C10H23NS/c1-3-5-7-11(9-10-12)8-6-4-2/h12H,3-10H2,1-2H3. The number of unbranched alkanes of at least 4 members (excludes halogenated alkanes) is 2. The lowest BCUT2D eigenvalue weighted by molar-refractivity contribution is 0.281. The van der Waals surface area contributed by atoms with Crippen LogP contribution in [0.4, 0.5) is 0 Å². The van der Waals surface area contributed by atoms with Crippen molar-refractivity contribution in [2.24, 2.45) is 0 Å². The maximum atomic E-state index is 4.26. The third-order valence-corrected chi connectivity index (χ3v) is 2.27. The van der Waals surface area contributed by atoms with E-state index < -0.39 is 0 Å². The average molecular weight is 189 g/mol. The Morgan fingerprint density at radius 3 is 1.75 bits per heavy atom. The molecule has 0 amide bonds. The van der Waals surface area contributed by atoms with Gasteiger partial charge in [-0.1, -0.05) is 26.7 Å². The number of thiol groups is 1. The molecule has 0 saturated carbocycles. The Kier molecular flexibility index (Phi) is 9.64. The summed E-state index contributed by atoms with van der Waals surface area (Å²) in [5.74, 6) is 0.993. The van der Waals surface area contributed by atoms with E-state index in [1.54, 1.807) is 0 Å². The maximum absolute atomic E-state index is 4.26. The summed E-state index contributed by atoms with van der Waals surface area (Å²) in [6.45, 7) is 8.18. The molecule has 0 atom stereocenters. The van der Waals surface area contributed by atoms with E-state index in [-0.39, 0.29) is 0 Å². The van der Waals surface area contributed by atoms with Crippen LogP contribution in [-0.4, -0.2) is 30.3 Å². The highest BCUT2D eigenvalue weighted by molar-refractivity contribution is 7.80. The molecular formula is C10H23NS. The fourth-order valence-electron chi connectivity index (χ4n) is 1.24. The first-order valence-corrected chi connectivity index (χ1v) is 5.81. The zero-order valence-electron chi connectivity index (χ0n) is 8.55. The van der Waals surface area contributed by atoms with Crippen LogP contribution in [0.25, 0.3) is 0 Å². The first kappa shape index (κ1) is 12.3. The fourth-order valence-corrected chi connectivity index (χ4v) is 1.52. The van der Waals surface area contributed by atoms with Crippen molar-refractivity contribution in [2.45, 2.75) is 39.5 Å². The van der Waals surface area contributed by atoms with Gasteiger partial charge in [0.05, 0.1) is 0 Å². The van der Waals surface area contributed by atoms with Crippen molar-refractivity contribution in [1.29, 1.82) is 0 Å². The van der Waals surface area contributed by atoms with Crippen LogP contribution < -0.4 is 0 Å². The van der Waals surface area contributed by atoms with Gasteiger partial charge in [0.25, 0.3) is 0 Å². The van der Waals surface area contributed by atoms with Crippen molar-refractivity contribution in [1.82, 2.24) is 4.90 Å². The fraction of sp³-hybridized carbons (Fsp3) is 1.00. The minimum absolute atomic E-state index is 0.993. The maximum Gasteiger partial charge on any atom is 0.00698 e. The second-order valence-corrected chi connectivity index (χ2v) is 3.72. The van der Waals surface area contributed by atoms with Gasteiger partial charge in [-0.3, -0.25) is 0 Å².